The van der Waals surface area contributed by atoms with Gasteiger partial charge in [0.25, 0.3) is 0 Å². The first kappa shape index (κ1) is 80.6. The van der Waals surface area contributed by atoms with Crippen LogP contribution in [0.4, 0.5) is 0 Å². The van der Waals surface area contributed by atoms with E-state index in [1.807, 2.05) is 0 Å². The molecule has 0 saturated carbocycles. The van der Waals surface area contributed by atoms with Crippen LogP contribution in [0.5, 0.6) is 0 Å². The van der Waals surface area contributed by atoms with Crippen molar-refractivity contribution in [1.29, 1.82) is 0 Å². The predicted molar refractivity (Wildman–Crippen MR) is 290 cm³/mol. The van der Waals surface area contributed by atoms with Gasteiger partial charge in [-0.25, -0.2) is 0 Å². The summed E-state index contributed by atoms with van der Waals surface area (Å²) in [6.45, 7) is -2.63. The number of nitrogens with two attached hydrogens (primary N) is 2. The zero-order valence-corrected chi connectivity index (χ0v) is 47.9. The van der Waals surface area contributed by atoms with E-state index >= 15 is 0 Å². The number of nitrogens with one attached hydrogen (secondary N) is 6. The monoisotopic (exact) mass is 1250 g/mol. The molecule has 0 aromatic carbocycles. The summed E-state index contributed by atoms with van der Waals surface area (Å²) < 4.78 is 43.3. The average Bonchev–Trinajstić information content (AvgIpc) is 3.55. The van der Waals surface area contributed by atoms with Crippen molar-refractivity contribution in [3.05, 3.63) is 0 Å². The third-order valence-electron chi connectivity index (χ3n) is 11.5. The van der Waals surface area contributed by atoms with E-state index in [1.54, 1.807) is 0 Å². The van der Waals surface area contributed by atoms with E-state index in [9.17, 15) is 84.0 Å². The number of carbonyl (C=O) groups excluding carboxylic acids is 8. The molecule has 86 heavy (non-hydrogen) atoms. The normalized spacial score (nSPS) is 14.9. The molecule has 0 aliphatic heterocycles. The van der Waals surface area contributed by atoms with Crippen molar-refractivity contribution in [3.63, 3.8) is 0 Å². The number of imide groups is 1. The van der Waals surface area contributed by atoms with Crippen LogP contribution < -0.4 is 43.4 Å². The third-order valence-corrected chi connectivity index (χ3v) is 11.5. The van der Waals surface area contributed by atoms with Gasteiger partial charge in [0.05, 0.1) is 170 Å². The fraction of sp³-hybridized carbons (Fsp3) is 0.816. The van der Waals surface area contributed by atoms with Crippen molar-refractivity contribution in [1.82, 2.24) is 36.8 Å². The summed E-state index contributed by atoms with van der Waals surface area (Å²) in [5.74, 6) is -9.69. The van der Waals surface area contributed by atoms with Gasteiger partial charge in [-0.3, -0.25) is 48.1 Å². The Hall–Kier alpha value is -5.37. The SMILES string of the molecule is NCCOCCOCCOCCOCCOCCOCCOCCOCCC(=O)N(C(=O)CNC(=O)CNC(=O)CNC(=O)CNC(=O)[C@@H](N)CCC(=O)O)[C@@H](CCC(=O)NC[C@H](O)[C@@H](O)[C@H](O)[C@H](O)CO)C(=O)NC[C@H](O)[C@@H](O)[C@H](O)[C@H](O)CO. The number of carboxylic acids is 1. The van der Waals surface area contributed by atoms with Gasteiger partial charge in [0, 0.05) is 32.5 Å². The van der Waals surface area contributed by atoms with E-state index in [-0.39, 0.29) is 46.1 Å². The zero-order valence-electron chi connectivity index (χ0n) is 47.9. The lowest BCUT2D eigenvalue weighted by atomic mass is 10.0. The van der Waals surface area contributed by atoms with E-state index in [0.717, 1.165) is 0 Å². The number of nitrogens with zero attached hydrogens (tertiary/aromatic N) is 1. The van der Waals surface area contributed by atoms with Crippen LogP contribution >= 0.6 is 0 Å². The van der Waals surface area contributed by atoms with Crippen molar-refractivity contribution < 1.29 is 137 Å². The number of aliphatic carboxylic acids is 1. The van der Waals surface area contributed by atoms with Gasteiger partial charge in [0.15, 0.2) is 0 Å². The number of hydrogen-bond acceptors (Lipinski definition) is 29. The lowest BCUT2D eigenvalue weighted by Crippen LogP contribution is -2.57. The van der Waals surface area contributed by atoms with Crippen molar-refractivity contribution in [2.75, 3.05) is 165 Å². The number of ether oxygens (including phenoxy) is 8. The van der Waals surface area contributed by atoms with E-state index in [2.05, 4.69) is 31.9 Å². The van der Waals surface area contributed by atoms with Crippen molar-refractivity contribution in [3.8, 4) is 0 Å². The van der Waals surface area contributed by atoms with Crippen LogP contribution in [0.15, 0.2) is 0 Å². The number of carboxylic acid groups (broad SMARTS) is 1. The van der Waals surface area contributed by atoms with Gasteiger partial charge in [0.1, 0.15) is 42.7 Å². The molecule has 0 rings (SSSR count). The van der Waals surface area contributed by atoms with Gasteiger partial charge in [-0.05, 0) is 12.8 Å². The van der Waals surface area contributed by atoms with Crippen molar-refractivity contribution in [2.24, 2.45) is 11.5 Å². The van der Waals surface area contributed by atoms with Crippen molar-refractivity contribution in [2.45, 2.75) is 93.0 Å². The highest BCUT2D eigenvalue weighted by atomic mass is 16.6. The Morgan fingerprint density at radius 1 is 0.384 bits per heavy atom. The number of aliphatic hydroxyl groups is 10. The molecule has 0 fully saturated rings. The van der Waals surface area contributed by atoms with Gasteiger partial charge >= 0.3 is 5.97 Å². The Labute approximate surface area is 495 Å². The highest BCUT2D eigenvalue weighted by Crippen LogP contribution is 2.13. The fourth-order valence-corrected chi connectivity index (χ4v) is 6.65. The molecule has 0 aromatic heterocycles. The van der Waals surface area contributed by atoms with Crippen LogP contribution in [0.1, 0.15) is 32.1 Å². The molecular weight excluding hydrogens is 1160 g/mol. The molecule has 0 saturated heterocycles. The second-order valence-corrected chi connectivity index (χ2v) is 18.4. The van der Waals surface area contributed by atoms with Gasteiger partial charge in [0.2, 0.25) is 47.3 Å². The number of amides is 8. The highest BCUT2D eigenvalue weighted by molar-refractivity contribution is 6.02. The smallest absolute Gasteiger partial charge is 0.303 e. The summed E-state index contributed by atoms with van der Waals surface area (Å²) in [5.41, 5.74) is 10.9. The summed E-state index contributed by atoms with van der Waals surface area (Å²) in [4.78, 5) is 115. The van der Waals surface area contributed by atoms with Crippen molar-refractivity contribution >= 4 is 53.2 Å². The third kappa shape index (κ3) is 39.4. The maximum atomic E-state index is 14.0. The fourth-order valence-electron chi connectivity index (χ4n) is 6.65. The minimum atomic E-state index is -2.19. The Balaban J connectivity index is 5.74. The first-order valence-electron chi connectivity index (χ1n) is 27.4. The Kier molecular flexibility index (Phi) is 47.4. The molecular formula is C49H91N9O28. The maximum absolute atomic E-state index is 14.0. The van der Waals surface area contributed by atoms with Crippen LogP contribution in [0, 0.1) is 0 Å². The highest BCUT2D eigenvalue weighted by Gasteiger charge is 2.37. The summed E-state index contributed by atoms with van der Waals surface area (Å²) in [7, 11) is 0. The average molecular weight is 1250 g/mol. The molecule has 0 spiro atoms. The van der Waals surface area contributed by atoms with Crippen LogP contribution in [-0.4, -0.2) is 340 Å². The number of carbonyl (C=O) groups is 9. The molecule has 0 heterocycles. The molecule has 0 radical (unpaired) electrons. The van der Waals surface area contributed by atoms with Gasteiger partial charge in [-0.1, -0.05) is 0 Å². The number of hydrogen-bond donors (Lipinski definition) is 19. The standard InChI is InChI=1S/C49H91N9O28/c50-6-8-80-10-12-82-14-16-84-18-20-86-22-21-85-19-17-83-15-13-81-11-9-79-7-5-41(69)58(42(70)28-55-39(67)26-53-38(66)25-54-40(68)27-57-48(77)31(51)1-4-43(71)72)32(49(78)56-24-34(62)45(74)47(76)36(64)30-60)2-3-37(65)52-23-33(61)44(73)46(75)35(63)29-59/h31-36,44-47,59-64,73-76H,1-30,50-51H2,(H,52,65)(H,53,66)(H,54,68)(H,55,67)(H,56,78)(H,57,77)(H,71,72)/t31-,32-,33-,34-,35+,36+,44+,45+,46+,47+/m0/s1. The number of rotatable bonds is 55. The molecule has 0 unspecified atom stereocenters. The Morgan fingerprint density at radius 3 is 1.14 bits per heavy atom. The summed E-state index contributed by atoms with van der Waals surface area (Å²) in [6, 6.07) is -3.26. The summed E-state index contributed by atoms with van der Waals surface area (Å²) >= 11 is 0. The first-order chi connectivity index (χ1) is 41.0. The summed E-state index contributed by atoms with van der Waals surface area (Å²) in [5, 5.41) is 121. The molecule has 0 aliphatic carbocycles. The quantitative estimate of drug-likeness (QED) is 0.0251. The second kappa shape index (κ2) is 50.6. The Bertz CT molecular complexity index is 1920. The molecule has 21 N–H and O–H groups in total. The van der Waals surface area contributed by atoms with E-state index in [4.69, 9.17) is 64.7 Å². The molecule has 500 valence electrons. The van der Waals surface area contributed by atoms with E-state index in [1.165, 1.54) is 0 Å². The van der Waals surface area contributed by atoms with E-state index in [0.29, 0.717) is 70.9 Å². The maximum Gasteiger partial charge on any atom is 0.303 e. The predicted octanol–water partition coefficient (Wildman–Crippen LogP) is -12.3. The van der Waals surface area contributed by atoms with Gasteiger partial charge in [-0.2, -0.15) is 0 Å². The largest absolute Gasteiger partial charge is 0.481 e. The van der Waals surface area contributed by atoms with Crippen LogP contribution in [-0.2, 0) is 81.0 Å². The van der Waals surface area contributed by atoms with E-state index < -0.39 is 199 Å². The van der Waals surface area contributed by atoms with Gasteiger partial charge in [-0.15, -0.1) is 0 Å². The molecule has 0 aromatic rings. The van der Waals surface area contributed by atoms with Crippen LogP contribution in [0.2, 0.25) is 0 Å². The van der Waals surface area contributed by atoms with Crippen LogP contribution in [0.25, 0.3) is 0 Å². The minimum absolute atomic E-state index is 0.0000678. The summed E-state index contributed by atoms with van der Waals surface area (Å²) in [6.07, 6.45) is -19.1. The lowest BCUT2D eigenvalue weighted by molar-refractivity contribution is -0.153. The topological polar surface area (TPSA) is 577 Å². The van der Waals surface area contributed by atoms with Gasteiger partial charge < -0.3 is 137 Å². The molecule has 37 heteroatoms. The second-order valence-electron chi connectivity index (χ2n) is 18.4. The molecule has 8 amide bonds. The zero-order chi connectivity index (χ0) is 64.7. The minimum Gasteiger partial charge on any atom is -0.481 e. The Morgan fingerprint density at radius 2 is 0.744 bits per heavy atom. The number of aliphatic hydroxyl groups excluding tert-OH is 10. The molecule has 0 bridgehead atoms. The lowest BCUT2D eigenvalue weighted by Gasteiger charge is -2.31. The first-order valence-corrected chi connectivity index (χ1v) is 27.4. The molecule has 0 aliphatic rings. The molecule has 10 atom stereocenters. The molecule has 37 nitrogen and oxygen atoms in total. The van der Waals surface area contributed by atoms with Crippen LogP contribution in [0.3, 0.4) is 0 Å².